The van der Waals surface area contributed by atoms with E-state index in [4.69, 9.17) is 23.2 Å². The van der Waals surface area contributed by atoms with Gasteiger partial charge in [-0.05, 0) is 47.0 Å². The SMILES string of the molecule is Fc1cc(F)cc(C(=Cc2ccc(Cl)cc2)CCl)c1. The number of benzene rings is 2. The quantitative estimate of drug-likeness (QED) is 0.526. The van der Waals surface area contributed by atoms with Gasteiger partial charge in [-0.1, -0.05) is 23.7 Å². The Labute approximate surface area is 120 Å². The van der Waals surface area contributed by atoms with Crippen molar-refractivity contribution < 1.29 is 8.78 Å². The molecule has 0 radical (unpaired) electrons. The first kappa shape index (κ1) is 14.0. The van der Waals surface area contributed by atoms with E-state index in [1.165, 1.54) is 12.1 Å². The lowest BCUT2D eigenvalue weighted by atomic mass is 10.0. The summed E-state index contributed by atoms with van der Waals surface area (Å²) in [5, 5.41) is 0.626. The molecule has 0 spiro atoms. The molecule has 0 saturated heterocycles. The van der Waals surface area contributed by atoms with E-state index in [1.807, 2.05) is 12.1 Å². The second kappa shape index (κ2) is 6.18. The fraction of sp³-hybridized carbons (Fsp3) is 0.0667. The van der Waals surface area contributed by atoms with E-state index >= 15 is 0 Å². The van der Waals surface area contributed by atoms with Crippen LogP contribution in [0.4, 0.5) is 8.78 Å². The van der Waals surface area contributed by atoms with Crippen molar-refractivity contribution in [3.8, 4) is 0 Å². The van der Waals surface area contributed by atoms with Crippen molar-refractivity contribution in [2.24, 2.45) is 0 Å². The summed E-state index contributed by atoms with van der Waals surface area (Å²) in [6.07, 6.45) is 1.78. The van der Waals surface area contributed by atoms with Gasteiger partial charge in [-0.2, -0.15) is 0 Å². The minimum atomic E-state index is -0.623. The maximum absolute atomic E-state index is 13.2. The first-order valence-corrected chi connectivity index (χ1v) is 6.48. The van der Waals surface area contributed by atoms with Crippen LogP contribution >= 0.6 is 23.2 Å². The Balaban J connectivity index is 2.41. The van der Waals surface area contributed by atoms with Gasteiger partial charge < -0.3 is 0 Å². The first-order valence-electron chi connectivity index (χ1n) is 5.57. The van der Waals surface area contributed by atoms with Crippen molar-refractivity contribution in [2.45, 2.75) is 0 Å². The van der Waals surface area contributed by atoms with Crippen LogP contribution in [0.15, 0.2) is 42.5 Å². The highest BCUT2D eigenvalue weighted by Crippen LogP contribution is 2.22. The van der Waals surface area contributed by atoms with Gasteiger partial charge in [-0.3, -0.25) is 0 Å². The van der Waals surface area contributed by atoms with Gasteiger partial charge >= 0.3 is 0 Å². The minimum absolute atomic E-state index is 0.158. The second-order valence-corrected chi connectivity index (χ2v) is 4.72. The molecule has 2 aromatic rings. The minimum Gasteiger partial charge on any atom is -0.207 e. The van der Waals surface area contributed by atoms with Gasteiger partial charge in [-0.25, -0.2) is 8.78 Å². The zero-order valence-corrected chi connectivity index (χ0v) is 11.3. The van der Waals surface area contributed by atoms with Crippen molar-refractivity contribution in [2.75, 3.05) is 5.88 Å². The van der Waals surface area contributed by atoms with Crippen LogP contribution in [0.2, 0.25) is 5.02 Å². The summed E-state index contributed by atoms with van der Waals surface area (Å²) < 4.78 is 26.4. The van der Waals surface area contributed by atoms with Crippen molar-refractivity contribution in [1.82, 2.24) is 0 Å². The third-order valence-electron chi connectivity index (χ3n) is 2.59. The van der Waals surface area contributed by atoms with Gasteiger partial charge in [0.25, 0.3) is 0 Å². The van der Waals surface area contributed by atoms with Gasteiger partial charge in [0.2, 0.25) is 0 Å². The maximum atomic E-state index is 13.2. The topological polar surface area (TPSA) is 0 Å². The van der Waals surface area contributed by atoms with Gasteiger partial charge in [0, 0.05) is 17.0 Å². The second-order valence-electron chi connectivity index (χ2n) is 4.01. The predicted molar refractivity (Wildman–Crippen MR) is 76.4 cm³/mol. The molecule has 0 saturated carbocycles. The molecule has 98 valence electrons. The van der Waals surface area contributed by atoms with Gasteiger partial charge in [0.1, 0.15) is 11.6 Å². The van der Waals surface area contributed by atoms with E-state index in [0.29, 0.717) is 16.2 Å². The highest BCUT2D eigenvalue weighted by atomic mass is 35.5. The number of rotatable bonds is 3. The maximum Gasteiger partial charge on any atom is 0.126 e. The smallest absolute Gasteiger partial charge is 0.126 e. The molecule has 0 bridgehead atoms. The summed E-state index contributed by atoms with van der Waals surface area (Å²) in [5.74, 6) is -1.09. The molecular formula is C15H10Cl2F2. The number of halogens is 4. The Morgan fingerprint density at radius 3 is 2.11 bits per heavy atom. The van der Waals surface area contributed by atoms with Crippen LogP contribution in [0.5, 0.6) is 0 Å². The highest BCUT2D eigenvalue weighted by Gasteiger charge is 2.05. The lowest BCUT2D eigenvalue weighted by Crippen LogP contribution is -1.90. The van der Waals surface area contributed by atoms with Crippen molar-refractivity contribution >= 4 is 34.9 Å². The average molecular weight is 299 g/mol. The Hall–Kier alpha value is -1.38. The van der Waals surface area contributed by atoms with Crippen molar-refractivity contribution in [3.63, 3.8) is 0 Å². The highest BCUT2D eigenvalue weighted by molar-refractivity contribution is 6.30. The van der Waals surface area contributed by atoms with Gasteiger partial charge in [-0.15, -0.1) is 11.6 Å². The monoisotopic (exact) mass is 298 g/mol. The molecule has 0 amide bonds. The fourth-order valence-electron chi connectivity index (χ4n) is 1.70. The molecule has 2 aromatic carbocycles. The van der Waals surface area contributed by atoms with E-state index in [-0.39, 0.29) is 5.88 Å². The number of allylic oxidation sites excluding steroid dienone is 1. The van der Waals surface area contributed by atoms with E-state index < -0.39 is 11.6 Å². The normalized spacial score (nSPS) is 11.7. The third-order valence-corrected chi connectivity index (χ3v) is 3.13. The summed E-state index contributed by atoms with van der Waals surface area (Å²) >= 11 is 11.6. The molecule has 0 fully saturated rings. The molecule has 2 rings (SSSR count). The van der Waals surface area contributed by atoms with Crippen LogP contribution in [-0.4, -0.2) is 5.88 Å². The van der Waals surface area contributed by atoms with Crippen LogP contribution in [-0.2, 0) is 0 Å². The standard InChI is InChI=1S/C15H10Cl2F2/c16-9-12(5-10-1-3-13(17)4-2-10)11-6-14(18)8-15(19)7-11/h1-8H,9H2. The average Bonchev–Trinajstić information content (AvgIpc) is 2.37. The first-order chi connectivity index (χ1) is 9.08. The summed E-state index contributed by atoms with van der Waals surface area (Å²) in [6.45, 7) is 0. The zero-order chi connectivity index (χ0) is 13.8. The molecule has 0 aliphatic carbocycles. The molecular weight excluding hydrogens is 289 g/mol. The van der Waals surface area contributed by atoms with E-state index in [1.54, 1.807) is 18.2 Å². The lowest BCUT2D eigenvalue weighted by Gasteiger charge is -2.05. The van der Waals surface area contributed by atoms with Crippen molar-refractivity contribution in [3.05, 3.63) is 70.2 Å². The van der Waals surface area contributed by atoms with Crippen LogP contribution in [0, 0.1) is 11.6 Å². The van der Waals surface area contributed by atoms with Crippen LogP contribution in [0.3, 0.4) is 0 Å². The third kappa shape index (κ3) is 3.79. The molecule has 0 nitrogen and oxygen atoms in total. The van der Waals surface area contributed by atoms with E-state index in [9.17, 15) is 8.78 Å². The summed E-state index contributed by atoms with van der Waals surface area (Å²) in [6, 6.07) is 10.4. The van der Waals surface area contributed by atoms with Crippen LogP contribution in [0.25, 0.3) is 11.6 Å². The number of hydrogen-bond donors (Lipinski definition) is 0. The Bertz CT molecular complexity index is 584. The summed E-state index contributed by atoms with van der Waals surface area (Å²) in [7, 11) is 0. The van der Waals surface area contributed by atoms with Crippen LogP contribution in [0.1, 0.15) is 11.1 Å². The fourth-order valence-corrected chi connectivity index (χ4v) is 2.06. The molecule has 0 atom stereocenters. The molecule has 19 heavy (non-hydrogen) atoms. The molecule has 0 aromatic heterocycles. The Morgan fingerprint density at radius 2 is 1.58 bits per heavy atom. The summed E-state index contributed by atoms with van der Waals surface area (Å²) in [5.41, 5.74) is 1.94. The molecule has 0 N–H and O–H groups in total. The Kier molecular flexibility index (Phi) is 4.56. The summed E-state index contributed by atoms with van der Waals surface area (Å²) in [4.78, 5) is 0. The molecule has 0 aliphatic rings. The van der Waals surface area contributed by atoms with Gasteiger partial charge in [0.05, 0.1) is 0 Å². The van der Waals surface area contributed by atoms with Crippen LogP contribution < -0.4 is 0 Å². The zero-order valence-electron chi connectivity index (χ0n) is 9.84. The largest absolute Gasteiger partial charge is 0.207 e. The van der Waals surface area contributed by atoms with Crippen molar-refractivity contribution in [1.29, 1.82) is 0 Å². The number of hydrogen-bond acceptors (Lipinski definition) is 0. The molecule has 0 aliphatic heterocycles. The lowest BCUT2D eigenvalue weighted by molar-refractivity contribution is 0.582. The molecule has 4 heteroatoms. The van der Waals surface area contributed by atoms with Gasteiger partial charge in [0.15, 0.2) is 0 Å². The molecule has 0 unspecified atom stereocenters. The van der Waals surface area contributed by atoms with E-state index in [0.717, 1.165) is 11.6 Å². The Morgan fingerprint density at radius 1 is 1.00 bits per heavy atom. The predicted octanol–water partition coefficient (Wildman–Crippen LogP) is 5.40. The van der Waals surface area contributed by atoms with E-state index in [2.05, 4.69) is 0 Å². The number of alkyl halides is 1. The molecule has 0 heterocycles.